The number of hydrogen-bond acceptors (Lipinski definition) is 2. The zero-order valence-electron chi connectivity index (χ0n) is 11.6. The van der Waals surface area contributed by atoms with E-state index in [0.717, 1.165) is 19.3 Å². The molecule has 2 aliphatic heterocycles. The number of nitrogens with one attached hydrogen (secondary N) is 1. The van der Waals surface area contributed by atoms with Gasteiger partial charge in [-0.15, -0.1) is 13.2 Å². The minimum absolute atomic E-state index is 0.0883. The molecule has 1 fully saturated rings. The Morgan fingerprint density at radius 2 is 2.00 bits per heavy atom. The first kappa shape index (κ1) is 14.4. The van der Waals surface area contributed by atoms with E-state index in [9.17, 15) is 13.2 Å². The van der Waals surface area contributed by atoms with Crippen LogP contribution in [0.1, 0.15) is 31.2 Å². The van der Waals surface area contributed by atoms with Gasteiger partial charge in [-0.25, -0.2) is 0 Å². The van der Waals surface area contributed by atoms with Crippen molar-refractivity contribution in [1.82, 2.24) is 5.32 Å². The molecule has 0 aromatic heterocycles. The van der Waals surface area contributed by atoms with Crippen molar-refractivity contribution in [2.24, 2.45) is 0 Å². The van der Waals surface area contributed by atoms with Crippen LogP contribution in [0, 0.1) is 0 Å². The lowest BCUT2D eigenvalue weighted by molar-refractivity contribution is -0.274. The number of rotatable bonds is 3. The molecule has 2 bridgehead atoms. The van der Waals surface area contributed by atoms with Crippen molar-refractivity contribution in [2.45, 2.75) is 50.6 Å². The summed E-state index contributed by atoms with van der Waals surface area (Å²) < 4.78 is 41.4. The Balaban J connectivity index is 1.77. The fraction of sp³-hybridized carbons (Fsp3) is 0.500. The van der Waals surface area contributed by atoms with Gasteiger partial charge in [0.25, 0.3) is 0 Å². The van der Waals surface area contributed by atoms with Gasteiger partial charge in [0.15, 0.2) is 0 Å². The third-order valence-corrected chi connectivity index (χ3v) is 4.08. The van der Waals surface area contributed by atoms with Crippen LogP contribution in [0.15, 0.2) is 35.9 Å². The van der Waals surface area contributed by atoms with E-state index in [1.54, 1.807) is 18.2 Å². The standard InChI is InChI=1S/C16H18F3NO/c17-16(18,19)21-15-7-2-1-4-12(15)8-11-9-13-5-3-6-14(10-11)20-13/h1-2,4,7,9,13-14,20H,3,5-6,8,10H2. The summed E-state index contributed by atoms with van der Waals surface area (Å²) in [5.74, 6) is -0.0883. The van der Waals surface area contributed by atoms with Crippen LogP contribution in [-0.4, -0.2) is 18.4 Å². The highest BCUT2D eigenvalue weighted by Gasteiger charge is 2.32. The van der Waals surface area contributed by atoms with Crippen molar-refractivity contribution >= 4 is 0 Å². The highest BCUT2D eigenvalue weighted by molar-refractivity contribution is 5.37. The fourth-order valence-electron chi connectivity index (χ4n) is 3.26. The van der Waals surface area contributed by atoms with Gasteiger partial charge < -0.3 is 10.1 Å². The van der Waals surface area contributed by atoms with E-state index in [2.05, 4.69) is 16.1 Å². The van der Waals surface area contributed by atoms with Crippen molar-refractivity contribution in [3.05, 3.63) is 41.5 Å². The molecule has 21 heavy (non-hydrogen) atoms. The van der Waals surface area contributed by atoms with Crippen molar-refractivity contribution in [1.29, 1.82) is 0 Å². The summed E-state index contributed by atoms with van der Waals surface area (Å²) in [5.41, 5.74) is 1.81. The van der Waals surface area contributed by atoms with E-state index >= 15 is 0 Å². The van der Waals surface area contributed by atoms with E-state index in [0.29, 0.717) is 24.1 Å². The van der Waals surface area contributed by atoms with E-state index in [-0.39, 0.29) is 5.75 Å². The Morgan fingerprint density at radius 1 is 1.19 bits per heavy atom. The summed E-state index contributed by atoms with van der Waals surface area (Å²) in [6.07, 6.45) is 2.46. The molecule has 3 rings (SSSR count). The quantitative estimate of drug-likeness (QED) is 0.852. The minimum atomic E-state index is -4.64. The number of fused-ring (bicyclic) bond motifs is 2. The molecule has 2 unspecified atom stereocenters. The number of ether oxygens (including phenoxy) is 1. The highest BCUT2D eigenvalue weighted by atomic mass is 19.4. The molecule has 5 heteroatoms. The molecule has 0 radical (unpaired) electrons. The Hall–Kier alpha value is -1.49. The number of halogens is 3. The molecule has 1 N–H and O–H groups in total. The maximum absolute atomic E-state index is 12.4. The molecule has 0 saturated carbocycles. The molecule has 0 aliphatic carbocycles. The zero-order valence-corrected chi connectivity index (χ0v) is 11.6. The van der Waals surface area contributed by atoms with Crippen molar-refractivity contribution < 1.29 is 17.9 Å². The van der Waals surface area contributed by atoms with Gasteiger partial charge in [0.2, 0.25) is 0 Å². The summed E-state index contributed by atoms with van der Waals surface area (Å²) in [4.78, 5) is 0. The Labute approximate surface area is 122 Å². The van der Waals surface area contributed by atoms with Crippen LogP contribution in [-0.2, 0) is 6.42 Å². The number of piperidine rings is 1. The van der Waals surface area contributed by atoms with Crippen molar-refractivity contribution in [3.8, 4) is 5.75 Å². The lowest BCUT2D eigenvalue weighted by atomic mass is 9.85. The van der Waals surface area contributed by atoms with Crippen LogP contribution >= 0.6 is 0 Å². The van der Waals surface area contributed by atoms with E-state index in [1.165, 1.54) is 18.1 Å². The van der Waals surface area contributed by atoms with Crippen molar-refractivity contribution in [3.63, 3.8) is 0 Å². The van der Waals surface area contributed by atoms with Crippen LogP contribution in [0.2, 0.25) is 0 Å². The van der Waals surface area contributed by atoms with E-state index in [1.807, 2.05) is 0 Å². The molecule has 1 saturated heterocycles. The molecule has 2 atom stereocenters. The SMILES string of the molecule is FC(F)(F)Oc1ccccc1CC1=CC2CCCC(C1)N2. The molecule has 2 nitrogen and oxygen atoms in total. The lowest BCUT2D eigenvalue weighted by Gasteiger charge is -2.35. The lowest BCUT2D eigenvalue weighted by Crippen LogP contribution is -2.44. The van der Waals surface area contributed by atoms with Gasteiger partial charge in [0.1, 0.15) is 5.75 Å². The number of hydrogen-bond donors (Lipinski definition) is 1. The maximum Gasteiger partial charge on any atom is 0.573 e. The second-order valence-electron chi connectivity index (χ2n) is 5.76. The highest BCUT2D eigenvalue weighted by Crippen LogP contribution is 2.31. The molecule has 2 aliphatic rings. The van der Waals surface area contributed by atoms with E-state index in [4.69, 9.17) is 0 Å². The average molecular weight is 297 g/mol. The van der Waals surface area contributed by atoms with Crippen LogP contribution in [0.4, 0.5) is 13.2 Å². The number of para-hydroxylation sites is 1. The second kappa shape index (κ2) is 5.72. The predicted octanol–water partition coefficient (Wildman–Crippen LogP) is 3.97. The molecule has 0 spiro atoms. The topological polar surface area (TPSA) is 21.3 Å². The minimum Gasteiger partial charge on any atom is -0.405 e. The summed E-state index contributed by atoms with van der Waals surface area (Å²) in [5, 5.41) is 3.53. The molecule has 1 aromatic carbocycles. The largest absolute Gasteiger partial charge is 0.573 e. The van der Waals surface area contributed by atoms with Crippen LogP contribution in [0.5, 0.6) is 5.75 Å². The summed E-state index contributed by atoms with van der Waals surface area (Å²) in [7, 11) is 0. The Bertz CT molecular complexity index is 539. The molecule has 0 amide bonds. The second-order valence-corrected chi connectivity index (χ2v) is 5.76. The smallest absolute Gasteiger partial charge is 0.405 e. The maximum atomic E-state index is 12.4. The van der Waals surface area contributed by atoms with E-state index < -0.39 is 6.36 Å². The summed E-state index contributed by atoms with van der Waals surface area (Å²) in [6.45, 7) is 0. The fourth-order valence-corrected chi connectivity index (χ4v) is 3.26. The first-order valence-corrected chi connectivity index (χ1v) is 7.29. The monoisotopic (exact) mass is 297 g/mol. The first-order valence-electron chi connectivity index (χ1n) is 7.29. The van der Waals surface area contributed by atoms with Crippen molar-refractivity contribution in [2.75, 3.05) is 0 Å². The third-order valence-electron chi connectivity index (χ3n) is 4.08. The average Bonchev–Trinajstić information content (AvgIpc) is 2.39. The Kier molecular flexibility index (Phi) is 3.93. The van der Waals surface area contributed by atoms with Crippen LogP contribution in [0.25, 0.3) is 0 Å². The third kappa shape index (κ3) is 3.79. The summed E-state index contributed by atoms with van der Waals surface area (Å²) in [6, 6.07) is 7.25. The Morgan fingerprint density at radius 3 is 2.76 bits per heavy atom. The van der Waals surface area contributed by atoms with Crippen LogP contribution in [0.3, 0.4) is 0 Å². The molecule has 1 aromatic rings. The van der Waals surface area contributed by atoms with Gasteiger partial charge in [-0.1, -0.05) is 36.3 Å². The molecule has 2 heterocycles. The predicted molar refractivity (Wildman–Crippen MR) is 74.1 cm³/mol. The number of alkyl halides is 3. The summed E-state index contributed by atoms with van der Waals surface area (Å²) >= 11 is 0. The molecule has 114 valence electrons. The van der Waals surface area contributed by atoms with Gasteiger partial charge >= 0.3 is 6.36 Å². The first-order chi connectivity index (χ1) is 9.99. The van der Waals surface area contributed by atoms with Gasteiger partial charge in [0, 0.05) is 12.1 Å². The van der Waals surface area contributed by atoms with Gasteiger partial charge in [-0.3, -0.25) is 0 Å². The van der Waals surface area contributed by atoms with Gasteiger partial charge in [-0.2, -0.15) is 0 Å². The zero-order chi connectivity index (χ0) is 14.9. The number of benzene rings is 1. The van der Waals surface area contributed by atoms with Gasteiger partial charge in [-0.05, 0) is 37.3 Å². The van der Waals surface area contributed by atoms with Gasteiger partial charge in [0.05, 0.1) is 0 Å². The molecular formula is C16H18F3NO. The molecular weight excluding hydrogens is 279 g/mol. The normalized spacial score (nSPS) is 25.4. The van der Waals surface area contributed by atoms with Crippen LogP contribution < -0.4 is 10.1 Å².